The molecule has 3 heteroatoms. The van der Waals surface area contributed by atoms with E-state index >= 15 is 0 Å². The zero-order valence-electron chi connectivity index (χ0n) is 10.7. The highest BCUT2D eigenvalue weighted by Gasteiger charge is 2.11. The van der Waals surface area contributed by atoms with E-state index in [9.17, 15) is 0 Å². The predicted octanol–water partition coefficient (Wildman–Crippen LogP) is 4.70. The van der Waals surface area contributed by atoms with Crippen LogP contribution >= 0.6 is 23.4 Å². The summed E-state index contributed by atoms with van der Waals surface area (Å²) in [6.45, 7) is 0. The molecule has 0 saturated heterocycles. The van der Waals surface area contributed by atoms with E-state index in [-0.39, 0.29) is 0 Å². The highest BCUT2D eigenvalue weighted by molar-refractivity contribution is 7.98. The average Bonchev–Trinajstić information content (AvgIpc) is 2.85. The lowest BCUT2D eigenvalue weighted by Gasteiger charge is -2.07. The molecule has 0 spiro atoms. The fraction of sp³-hybridized carbons (Fsp3) is 0.250. The number of anilines is 1. The molecule has 3 rings (SSSR count). The number of rotatable bonds is 3. The summed E-state index contributed by atoms with van der Waals surface area (Å²) < 4.78 is 0. The number of nitrogen functional groups attached to an aromatic ring is 1. The summed E-state index contributed by atoms with van der Waals surface area (Å²) >= 11 is 8.03. The number of benzene rings is 2. The lowest BCUT2D eigenvalue weighted by Crippen LogP contribution is -1.88. The molecule has 98 valence electrons. The number of halogens is 1. The van der Waals surface area contributed by atoms with E-state index in [0.717, 1.165) is 22.0 Å². The van der Waals surface area contributed by atoms with E-state index in [2.05, 4.69) is 18.2 Å². The maximum Gasteiger partial charge on any atom is 0.0466 e. The minimum Gasteiger partial charge on any atom is -0.399 e. The van der Waals surface area contributed by atoms with Gasteiger partial charge in [0, 0.05) is 21.4 Å². The Hall–Kier alpha value is -1.12. The third kappa shape index (κ3) is 2.90. The number of aryl methyl sites for hydroxylation is 2. The van der Waals surface area contributed by atoms with Gasteiger partial charge in [0.05, 0.1) is 0 Å². The van der Waals surface area contributed by atoms with Gasteiger partial charge in [-0.1, -0.05) is 23.7 Å². The molecule has 0 atom stereocenters. The Labute approximate surface area is 123 Å². The smallest absolute Gasteiger partial charge is 0.0466 e. The third-order valence-corrected chi connectivity index (χ3v) is 4.94. The maximum atomic E-state index is 6.20. The topological polar surface area (TPSA) is 26.0 Å². The summed E-state index contributed by atoms with van der Waals surface area (Å²) in [5, 5.41) is 0.758. The van der Waals surface area contributed by atoms with Gasteiger partial charge < -0.3 is 5.73 Å². The summed E-state index contributed by atoms with van der Waals surface area (Å²) in [7, 11) is 0. The second kappa shape index (κ2) is 5.48. The molecule has 0 fully saturated rings. The van der Waals surface area contributed by atoms with Crippen molar-refractivity contribution in [1.29, 1.82) is 0 Å². The van der Waals surface area contributed by atoms with Gasteiger partial charge in [-0.2, -0.15) is 0 Å². The van der Waals surface area contributed by atoms with Crippen LogP contribution in [0.4, 0.5) is 5.69 Å². The summed E-state index contributed by atoms with van der Waals surface area (Å²) in [4.78, 5) is 1.33. The van der Waals surface area contributed by atoms with Crippen LogP contribution in [0.1, 0.15) is 23.1 Å². The van der Waals surface area contributed by atoms with E-state index in [4.69, 9.17) is 17.3 Å². The van der Waals surface area contributed by atoms with Gasteiger partial charge in [-0.05, 0) is 60.2 Å². The van der Waals surface area contributed by atoms with Crippen LogP contribution in [-0.2, 0) is 18.6 Å². The van der Waals surface area contributed by atoms with E-state index in [0.29, 0.717) is 0 Å². The number of hydrogen-bond donors (Lipinski definition) is 1. The summed E-state index contributed by atoms with van der Waals surface area (Å²) in [6, 6.07) is 12.6. The Bertz CT molecular complexity index is 610. The number of nitrogens with two attached hydrogens (primary N) is 1. The van der Waals surface area contributed by atoms with Crippen LogP contribution in [0.25, 0.3) is 0 Å². The molecule has 2 aromatic rings. The number of hydrogen-bond acceptors (Lipinski definition) is 2. The normalized spacial score (nSPS) is 13.5. The zero-order valence-corrected chi connectivity index (χ0v) is 12.2. The minimum absolute atomic E-state index is 0.719. The van der Waals surface area contributed by atoms with Crippen molar-refractivity contribution >= 4 is 29.1 Å². The van der Waals surface area contributed by atoms with Crippen molar-refractivity contribution in [2.75, 3.05) is 5.73 Å². The molecule has 2 aromatic carbocycles. The Morgan fingerprint density at radius 2 is 1.89 bits per heavy atom. The third-order valence-electron chi connectivity index (χ3n) is 3.54. The second-order valence-corrected chi connectivity index (χ2v) is 6.38. The van der Waals surface area contributed by atoms with Gasteiger partial charge in [0.25, 0.3) is 0 Å². The van der Waals surface area contributed by atoms with Gasteiger partial charge in [0.15, 0.2) is 0 Å². The molecule has 0 unspecified atom stereocenters. The first-order chi connectivity index (χ1) is 9.22. The molecule has 2 N–H and O–H groups in total. The van der Waals surface area contributed by atoms with Crippen LogP contribution in [0.5, 0.6) is 0 Å². The molecule has 0 aliphatic heterocycles. The largest absolute Gasteiger partial charge is 0.399 e. The van der Waals surface area contributed by atoms with Crippen molar-refractivity contribution in [3.8, 4) is 0 Å². The Morgan fingerprint density at radius 3 is 2.74 bits per heavy atom. The molecule has 19 heavy (non-hydrogen) atoms. The van der Waals surface area contributed by atoms with Crippen LogP contribution in [0.15, 0.2) is 41.3 Å². The van der Waals surface area contributed by atoms with E-state index in [1.807, 2.05) is 30.0 Å². The van der Waals surface area contributed by atoms with Crippen LogP contribution in [-0.4, -0.2) is 0 Å². The number of thioether (sulfide) groups is 1. The second-order valence-electron chi connectivity index (χ2n) is 4.92. The van der Waals surface area contributed by atoms with Gasteiger partial charge in [0.2, 0.25) is 0 Å². The lowest BCUT2D eigenvalue weighted by molar-refractivity contribution is 0.911. The van der Waals surface area contributed by atoms with Crippen LogP contribution in [0.3, 0.4) is 0 Å². The fourth-order valence-electron chi connectivity index (χ4n) is 2.48. The molecule has 1 aliphatic carbocycles. The van der Waals surface area contributed by atoms with E-state index < -0.39 is 0 Å². The highest BCUT2D eigenvalue weighted by Crippen LogP contribution is 2.31. The summed E-state index contributed by atoms with van der Waals surface area (Å²) in [5.41, 5.74) is 10.6. The molecule has 0 heterocycles. The van der Waals surface area contributed by atoms with Crippen LogP contribution in [0.2, 0.25) is 5.02 Å². The van der Waals surface area contributed by atoms with Crippen molar-refractivity contribution in [2.24, 2.45) is 0 Å². The SMILES string of the molecule is Nc1ccc(CSc2ccc3c(c2)CCC3)c(Cl)c1. The quantitative estimate of drug-likeness (QED) is 0.654. The monoisotopic (exact) mass is 289 g/mol. The van der Waals surface area contributed by atoms with Crippen molar-refractivity contribution in [1.82, 2.24) is 0 Å². The Balaban J connectivity index is 1.72. The van der Waals surface area contributed by atoms with Crippen LogP contribution < -0.4 is 5.73 Å². The first kappa shape index (κ1) is 12.9. The molecular formula is C16H16ClNS. The van der Waals surface area contributed by atoms with Crippen molar-refractivity contribution < 1.29 is 0 Å². The molecule has 0 saturated carbocycles. The standard InChI is InChI=1S/C16H16ClNS/c17-16-9-14(18)6-4-13(16)10-19-15-7-5-11-2-1-3-12(11)8-15/h4-9H,1-3,10,18H2. The van der Waals surface area contributed by atoms with Gasteiger partial charge in [-0.25, -0.2) is 0 Å². The Kier molecular flexibility index (Phi) is 3.72. The minimum atomic E-state index is 0.719. The molecule has 1 nitrogen and oxygen atoms in total. The molecule has 0 aromatic heterocycles. The highest BCUT2D eigenvalue weighted by atomic mass is 35.5. The average molecular weight is 290 g/mol. The molecular weight excluding hydrogens is 274 g/mol. The molecule has 0 bridgehead atoms. The predicted molar refractivity (Wildman–Crippen MR) is 83.9 cm³/mol. The van der Waals surface area contributed by atoms with Crippen molar-refractivity contribution in [3.63, 3.8) is 0 Å². The summed E-state index contributed by atoms with van der Waals surface area (Å²) in [6.07, 6.45) is 3.77. The fourth-order valence-corrected chi connectivity index (χ4v) is 3.78. The van der Waals surface area contributed by atoms with Gasteiger partial charge in [0.1, 0.15) is 0 Å². The summed E-state index contributed by atoms with van der Waals surface area (Å²) in [5.74, 6) is 0.887. The lowest BCUT2D eigenvalue weighted by atomic mass is 10.1. The first-order valence-electron chi connectivity index (χ1n) is 6.51. The van der Waals surface area contributed by atoms with Gasteiger partial charge in [-0.15, -0.1) is 11.8 Å². The molecule has 1 aliphatic rings. The van der Waals surface area contributed by atoms with Gasteiger partial charge in [-0.3, -0.25) is 0 Å². The van der Waals surface area contributed by atoms with Gasteiger partial charge >= 0.3 is 0 Å². The van der Waals surface area contributed by atoms with E-state index in [1.54, 1.807) is 0 Å². The van der Waals surface area contributed by atoms with Crippen molar-refractivity contribution in [3.05, 3.63) is 58.1 Å². The first-order valence-corrected chi connectivity index (χ1v) is 7.87. The van der Waals surface area contributed by atoms with Crippen LogP contribution in [0, 0.1) is 0 Å². The zero-order chi connectivity index (χ0) is 13.2. The van der Waals surface area contributed by atoms with Crippen molar-refractivity contribution in [2.45, 2.75) is 29.9 Å². The van der Waals surface area contributed by atoms with E-state index in [1.165, 1.54) is 35.3 Å². The number of fused-ring (bicyclic) bond motifs is 1. The maximum absolute atomic E-state index is 6.20. The molecule has 0 amide bonds. The Morgan fingerprint density at radius 1 is 1.05 bits per heavy atom. The molecule has 0 radical (unpaired) electrons.